The molecule has 1 saturated carbocycles. The predicted octanol–water partition coefficient (Wildman–Crippen LogP) is 2.76. The molecule has 1 aliphatic rings. The van der Waals surface area contributed by atoms with Gasteiger partial charge in [-0.3, -0.25) is 14.1 Å². The second-order valence-electron chi connectivity index (χ2n) is 6.97. The molecular weight excluding hydrogens is 432 g/mol. The number of ether oxygens (including phenoxy) is 2. The number of halogens is 4. The van der Waals surface area contributed by atoms with Crippen LogP contribution in [0.1, 0.15) is 40.5 Å². The molecule has 7 nitrogen and oxygen atoms in total. The minimum atomic E-state index is -6.48. The number of alkyl halides is 4. The van der Waals surface area contributed by atoms with Crippen LogP contribution in [-0.4, -0.2) is 48.3 Å². The van der Waals surface area contributed by atoms with Crippen molar-refractivity contribution in [1.82, 2.24) is 0 Å². The minimum Gasteiger partial charge on any atom is -0.463 e. The number of carbonyl (C=O) groups excluding carboxylic acids is 2. The predicted molar refractivity (Wildman–Crippen MR) is 94.0 cm³/mol. The van der Waals surface area contributed by atoms with Crippen molar-refractivity contribution in [2.24, 2.45) is 17.8 Å². The van der Waals surface area contributed by atoms with E-state index in [-0.39, 0.29) is 13.5 Å². The highest BCUT2D eigenvalue weighted by molar-refractivity contribution is 7.87. The molecule has 166 valence electrons. The fourth-order valence-corrected chi connectivity index (χ4v) is 3.42. The van der Waals surface area contributed by atoms with Crippen LogP contribution in [0.15, 0.2) is 0 Å². The van der Waals surface area contributed by atoms with Gasteiger partial charge in [0.15, 0.2) is 0 Å². The summed E-state index contributed by atoms with van der Waals surface area (Å²) in [5.74, 6) is -13.3. The first-order chi connectivity index (χ1) is 12.0. The lowest BCUT2D eigenvalue weighted by molar-refractivity contribution is -0.206. The summed E-state index contributed by atoms with van der Waals surface area (Å²) < 4.78 is 96.1. The summed E-state index contributed by atoms with van der Waals surface area (Å²) in [4.78, 5) is 24.1. The summed E-state index contributed by atoms with van der Waals surface area (Å²) in [6.07, 6.45) is -2.87. The van der Waals surface area contributed by atoms with E-state index in [4.69, 9.17) is 14.0 Å². The van der Waals surface area contributed by atoms with Crippen LogP contribution in [0.5, 0.6) is 0 Å². The second kappa shape index (κ2) is 9.16. The van der Waals surface area contributed by atoms with E-state index in [0.29, 0.717) is 0 Å². The molecular formula is C15H24F4O7S2. The Kier molecular flexibility index (Phi) is 8.81. The quantitative estimate of drug-likeness (QED) is 0.357. The van der Waals surface area contributed by atoms with E-state index in [1.165, 1.54) is 27.7 Å². The van der Waals surface area contributed by atoms with Crippen LogP contribution in [0.25, 0.3) is 0 Å². The van der Waals surface area contributed by atoms with Crippen LogP contribution in [0.2, 0.25) is 0 Å². The van der Waals surface area contributed by atoms with Crippen molar-refractivity contribution in [1.29, 1.82) is 0 Å². The molecule has 0 aliphatic heterocycles. The topological polar surface area (TPSA) is 107 Å². The van der Waals surface area contributed by atoms with Crippen LogP contribution >= 0.6 is 13.5 Å². The van der Waals surface area contributed by atoms with Gasteiger partial charge in [-0.15, -0.1) is 0 Å². The number of rotatable bonds is 7. The smallest absolute Gasteiger partial charge is 0.431 e. The van der Waals surface area contributed by atoms with E-state index in [0.717, 1.165) is 0 Å². The maximum absolute atomic E-state index is 14.4. The summed E-state index contributed by atoms with van der Waals surface area (Å²) >= 11 is 0. The van der Waals surface area contributed by atoms with Gasteiger partial charge < -0.3 is 9.47 Å². The van der Waals surface area contributed by atoms with Crippen LogP contribution < -0.4 is 0 Å². The van der Waals surface area contributed by atoms with Gasteiger partial charge in [0.1, 0.15) is 0 Å². The van der Waals surface area contributed by atoms with Gasteiger partial charge in [-0.1, -0.05) is 0 Å². The molecule has 1 fully saturated rings. The van der Waals surface area contributed by atoms with E-state index in [1.54, 1.807) is 0 Å². The summed E-state index contributed by atoms with van der Waals surface area (Å²) in [7, 11) is -6.48. The molecule has 0 radical (unpaired) electrons. The SMILES string of the molecule is CC(C)OC(=O)C1CC(C(=O)OC(C)C)C(C(F)(F)C(F)(F)S(=O)(=O)O)C1.S. The van der Waals surface area contributed by atoms with Crippen LogP contribution in [-0.2, 0) is 29.2 Å². The fourth-order valence-electron chi connectivity index (χ4n) is 2.93. The van der Waals surface area contributed by atoms with Gasteiger partial charge in [0.05, 0.1) is 24.0 Å². The minimum absolute atomic E-state index is 0. The lowest BCUT2D eigenvalue weighted by Gasteiger charge is -2.31. The summed E-state index contributed by atoms with van der Waals surface area (Å²) in [5.41, 5.74) is 0. The first-order valence-corrected chi connectivity index (χ1v) is 9.60. The van der Waals surface area contributed by atoms with Gasteiger partial charge in [0.2, 0.25) is 0 Å². The zero-order chi connectivity index (χ0) is 21.4. The number of carbonyl (C=O) groups is 2. The van der Waals surface area contributed by atoms with Gasteiger partial charge in [-0.2, -0.15) is 39.5 Å². The molecule has 0 amide bonds. The summed E-state index contributed by atoms with van der Waals surface area (Å²) in [6, 6.07) is 0. The average Bonchev–Trinajstić information content (AvgIpc) is 2.90. The van der Waals surface area contributed by atoms with Crippen molar-refractivity contribution in [2.45, 2.75) is 63.9 Å². The van der Waals surface area contributed by atoms with E-state index >= 15 is 0 Å². The molecule has 0 spiro atoms. The van der Waals surface area contributed by atoms with Crippen molar-refractivity contribution in [3.63, 3.8) is 0 Å². The molecule has 0 bridgehead atoms. The Morgan fingerprint density at radius 3 is 1.79 bits per heavy atom. The highest BCUT2D eigenvalue weighted by Crippen LogP contribution is 2.53. The van der Waals surface area contributed by atoms with Crippen LogP contribution in [0.4, 0.5) is 17.6 Å². The fraction of sp³-hybridized carbons (Fsp3) is 0.867. The zero-order valence-corrected chi connectivity index (χ0v) is 17.4. The first kappa shape index (κ1) is 26.9. The molecule has 0 aromatic carbocycles. The van der Waals surface area contributed by atoms with Crippen molar-refractivity contribution in [2.75, 3.05) is 0 Å². The monoisotopic (exact) mass is 456 g/mol. The Morgan fingerprint density at radius 1 is 0.964 bits per heavy atom. The lowest BCUT2D eigenvalue weighted by atomic mass is 9.89. The van der Waals surface area contributed by atoms with E-state index < -0.39 is 76.0 Å². The molecule has 0 aromatic heterocycles. The van der Waals surface area contributed by atoms with Crippen LogP contribution in [0, 0.1) is 17.8 Å². The number of hydrogen-bond donors (Lipinski definition) is 1. The molecule has 1 N–H and O–H groups in total. The molecule has 13 heteroatoms. The molecule has 28 heavy (non-hydrogen) atoms. The van der Waals surface area contributed by atoms with Crippen LogP contribution in [0.3, 0.4) is 0 Å². The van der Waals surface area contributed by atoms with Gasteiger partial charge in [0.25, 0.3) is 0 Å². The van der Waals surface area contributed by atoms with Gasteiger partial charge in [-0.25, -0.2) is 0 Å². The Labute approximate surface area is 167 Å². The third kappa shape index (κ3) is 5.50. The Hall–Kier alpha value is -1.08. The Balaban J connectivity index is 0.00000729. The molecule has 3 unspecified atom stereocenters. The number of hydrogen-bond acceptors (Lipinski definition) is 6. The molecule has 0 saturated heterocycles. The molecule has 1 rings (SSSR count). The van der Waals surface area contributed by atoms with E-state index in [9.17, 15) is 35.6 Å². The Bertz CT molecular complexity index is 680. The van der Waals surface area contributed by atoms with E-state index in [2.05, 4.69) is 0 Å². The third-order valence-corrected chi connectivity index (χ3v) is 5.00. The highest BCUT2D eigenvalue weighted by atomic mass is 32.2. The normalized spacial score (nSPS) is 23.5. The largest absolute Gasteiger partial charge is 0.463 e. The zero-order valence-electron chi connectivity index (χ0n) is 15.6. The summed E-state index contributed by atoms with van der Waals surface area (Å²) in [6.45, 7) is 5.76. The first-order valence-electron chi connectivity index (χ1n) is 8.16. The maximum Gasteiger partial charge on any atom is 0.431 e. The standard InChI is InChI=1S/C15H22F4O7S.H2S/c1-7(2)25-12(20)9-5-10(13(21)26-8(3)4)11(6-9)14(16,17)15(18,19)27(22,23)24;/h7-11H,5-6H2,1-4H3,(H,22,23,24);1H2. The van der Waals surface area contributed by atoms with Gasteiger partial charge in [0, 0.05) is 5.92 Å². The summed E-state index contributed by atoms with van der Waals surface area (Å²) in [5, 5.41) is -5.85. The second-order valence-corrected chi connectivity index (χ2v) is 8.43. The number of esters is 2. The molecule has 0 heterocycles. The molecule has 3 atom stereocenters. The highest BCUT2D eigenvalue weighted by Gasteiger charge is 2.72. The van der Waals surface area contributed by atoms with Crippen molar-refractivity contribution >= 4 is 35.6 Å². The molecule has 1 aliphatic carbocycles. The maximum atomic E-state index is 14.4. The van der Waals surface area contributed by atoms with Gasteiger partial charge in [-0.05, 0) is 40.5 Å². The lowest BCUT2D eigenvalue weighted by Crippen LogP contribution is -2.53. The van der Waals surface area contributed by atoms with Crippen molar-refractivity contribution in [3.8, 4) is 0 Å². The molecule has 0 aromatic rings. The third-order valence-electron chi connectivity index (χ3n) is 4.08. The average molecular weight is 456 g/mol. The van der Waals surface area contributed by atoms with Gasteiger partial charge >= 0.3 is 33.2 Å². The van der Waals surface area contributed by atoms with Crippen molar-refractivity contribution < 1.29 is 49.6 Å². The van der Waals surface area contributed by atoms with E-state index in [1.807, 2.05) is 0 Å². The Morgan fingerprint density at radius 2 is 1.39 bits per heavy atom. The van der Waals surface area contributed by atoms with Crippen molar-refractivity contribution in [3.05, 3.63) is 0 Å².